The summed E-state index contributed by atoms with van der Waals surface area (Å²) in [5, 5.41) is 9.53. The van der Waals surface area contributed by atoms with Crippen LogP contribution >= 0.6 is 0 Å². The third kappa shape index (κ3) is 4.19. The minimum absolute atomic E-state index is 0.163. The van der Waals surface area contributed by atoms with Crippen molar-refractivity contribution in [3.63, 3.8) is 0 Å². The molecule has 0 aromatic carbocycles. The lowest BCUT2D eigenvalue weighted by Crippen LogP contribution is -2.47. The minimum Gasteiger partial charge on any atom is -0.394 e. The Labute approximate surface area is 124 Å². The molecule has 1 saturated carbocycles. The summed E-state index contributed by atoms with van der Waals surface area (Å²) in [7, 11) is 0. The van der Waals surface area contributed by atoms with Crippen LogP contribution in [0.1, 0.15) is 64.7 Å². The molecule has 20 heavy (non-hydrogen) atoms. The summed E-state index contributed by atoms with van der Waals surface area (Å²) < 4.78 is 0. The van der Waals surface area contributed by atoms with Gasteiger partial charge in [-0.3, -0.25) is 0 Å². The summed E-state index contributed by atoms with van der Waals surface area (Å²) in [6, 6.07) is 0. The van der Waals surface area contributed by atoms with E-state index >= 15 is 0 Å². The van der Waals surface area contributed by atoms with Crippen molar-refractivity contribution in [3.05, 3.63) is 0 Å². The van der Waals surface area contributed by atoms with Gasteiger partial charge in [-0.15, -0.1) is 0 Å². The van der Waals surface area contributed by atoms with E-state index in [2.05, 4.69) is 11.8 Å². The third-order valence-corrected chi connectivity index (χ3v) is 5.73. The average molecular weight is 282 g/mol. The molecular formula is C17H34N2O. The van der Waals surface area contributed by atoms with E-state index < -0.39 is 0 Å². The maximum Gasteiger partial charge on any atom is 0.0613 e. The number of rotatable bonds is 6. The molecular weight excluding hydrogens is 248 g/mol. The van der Waals surface area contributed by atoms with Gasteiger partial charge in [0, 0.05) is 5.54 Å². The molecule has 0 radical (unpaired) electrons. The summed E-state index contributed by atoms with van der Waals surface area (Å²) in [6.07, 6.45) is 11.5. The van der Waals surface area contributed by atoms with Crippen molar-refractivity contribution in [1.82, 2.24) is 4.90 Å². The van der Waals surface area contributed by atoms with E-state index in [9.17, 15) is 5.11 Å². The largest absolute Gasteiger partial charge is 0.394 e. The molecule has 1 aliphatic carbocycles. The van der Waals surface area contributed by atoms with Crippen LogP contribution in [0.2, 0.25) is 0 Å². The second-order valence-corrected chi connectivity index (χ2v) is 7.20. The first-order valence-electron chi connectivity index (χ1n) is 8.80. The molecule has 0 amide bonds. The molecule has 3 nitrogen and oxygen atoms in total. The van der Waals surface area contributed by atoms with Gasteiger partial charge in [0.25, 0.3) is 0 Å². The lowest BCUT2D eigenvalue weighted by molar-refractivity contribution is 0.144. The van der Waals surface area contributed by atoms with E-state index in [1.807, 2.05) is 0 Å². The van der Waals surface area contributed by atoms with Crippen LogP contribution in [0.15, 0.2) is 0 Å². The monoisotopic (exact) mass is 282 g/mol. The Morgan fingerprint density at radius 1 is 1.15 bits per heavy atom. The second-order valence-electron chi connectivity index (χ2n) is 7.20. The number of hydrogen-bond acceptors (Lipinski definition) is 3. The quantitative estimate of drug-likeness (QED) is 0.787. The van der Waals surface area contributed by atoms with E-state index in [4.69, 9.17) is 5.73 Å². The minimum atomic E-state index is -0.281. The highest BCUT2D eigenvalue weighted by Gasteiger charge is 2.38. The van der Waals surface area contributed by atoms with Gasteiger partial charge in [-0.1, -0.05) is 26.2 Å². The predicted molar refractivity (Wildman–Crippen MR) is 84.7 cm³/mol. The summed E-state index contributed by atoms with van der Waals surface area (Å²) in [6.45, 7) is 6.19. The van der Waals surface area contributed by atoms with Gasteiger partial charge >= 0.3 is 0 Å². The molecule has 3 unspecified atom stereocenters. The highest BCUT2D eigenvalue weighted by molar-refractivity contribution is 4.96. The molecule has 0 aromatic rings. The highest BCUT2D eigenvalue weighted by atomic mass is 16.3. The maximum absolute atomic E-state index is 9.53. The van der Waals surface area contributed by atoms with Gasteiger partial charge in [0.1, 0.15) is 0 Å². The van der Waals surface area contributed by atoms with Gasteiger partial charge in [-0.05, 0) is 70.0 Å². The normalized spacial score (nSPS) is 36.1. The lowest BCUT2D eigenvalue weighted by atomic mass is 9.86. The van der Waals surface area contributed by atoms with Crippen molar-refractivity contribution in [1.29, 1.82) is 0 Å². The molecule has 3 heteroatoms. The number of aliphatic hydroxyl groups is 1. The van der Waals surface area contributed by atoms with Crippen LogP contribution in [-0.4, -0.2) is 41.8 Å². The zero-order valence-corrected chi connectivity index (χ0v) is 13.3. The zero-order valence-electron chi connectivity index (χ0n) is 13.3. The molecule has 0 spiro atoms. The molecule has 3 atom stereocenters. The van der Waals surface area contributed by atoms with Gasteiger partial charge < -0.3 is 15.7 Å². The predicted octanol–water partition coefficient (Wildman–Crippen LogP) is 2.77. The molecule has 2 aliphatic rings. The van der Waals surface area contributed by atoms with Crippen molar-refractivity contribution in [2.45, 2.75) is 70.3 Å². The van der Waals surface area contributed by atoms with Crippen LogP contribution < -0.4 is 5.73 Å². The van der Waals surface area contributed by atoms with E-state index in [-0.39, 0.29) is 12.1 Å². The van der Waals surface area contributed by atoms with E-state index in [0.29, 0.717) is 5.92 Å². The fourth-order valence-corrected chi connectivity index (χ4v) is 4.29. The van der Waals surface area contributed by atoms with E-state index in [1.165, 1.54) is 71.0 Å². The van der Waals surface area contributed by atoms with Gasteiger partial charge in [-0.2, -0.15) is 0 Å². The Bertz CT molecular complexity index is 284. The fraction of sp³-hybridized carbons (Fsp3) is 1.00. The van der Waals surface area contributed by atoms with Crippen LogP contribution in [-0.2, 0) is 0 Å². The molecule has 1 aliphatic heterocycles. The standard InChI is InChI=1S/C17H34N2O/c1-2-5-15-6-4-11-19(12-8-15)13-9-16-7-3-10-17(16,18)14-20/h15-16,20H,2-14,18H2,1H3. The number of likely N-dealkylation sites (tertiary alicyclic amines) is 1. The molecule has 118 valence electrons. The van der Waals surface area contributed by atoms with Crippen molar-refractivity contribution in [3.8, 4) is 0 Å². The molecule has 0 bridgehead atoms. The van der Waals surface area contributed by atoms with Gasteiger partial charge in [0.05, 0.1) is 6.61 Å². The summed E-state index contributed by atoms with van der Waals surface area (Å²) >= 11 is 0. The second kappa shape index (κ2) is 7.77. The van der Waals surface area contributed by atoms with Crippen LogP contribution in [0.3, 0.4) is 0 Å². The molecule has 2 fully saturated rings. The van der Waals surface area contributed by atoms with Crippen molar-refractivity contribution in [2.24, 2.45) is 17.6 Å². The first-order valence-corrected chi connectivity index (χ1v) is 8.80. The lowest BCUT2D eigenvalue weighted by Gasteiger charge is -2.31. The molecule has 1 saturated heterocycles. The van der Waals surface area contributed by atoms with Gasteiger partial charge in [-0.25, -0.2) is 0 Å². The van der Waals surface area contributed by atoms with Crippen LogP contribution in [0.25, 0.3) is 0 Å². The highest BCUT2D eigenvalue weighted by Crippen LogP contribution is 2.36. The first-order chi connectivity index (χ1) is 9.68. The zero-order chi connectivity index (χ0) is 14.4. The van der Waals surface area contributed by atoms with Gasteiger partial charge in [0.2, 0.25) is 0 Å². The Kier molecular flexibility index (Phi) is 6.31. The van der Waals surface area contributed by atoms with Crippen molar-refractivity contribution >= 4 is 0 Å². The van der Waals surface area contributed by atoms with Crippen molar-refractivity contribution in [2.75, 3.05) is 26.2 Å². The maximum atomic E-state index is 9.53. The third-order valence-electron chi connectivity index (χ3n) is 5.73. The van der Waals surface area contributed by atoms with Crippen molar-refractivity contribution < 1.29 is 5.11 Å². The molecule has 1 heterocycles. The molecule has 3 N–H and O–H groups in total. The fourth-order valence-electron chi connectivity index (χ4n) is 4.29. The number of aliphatic hydroxyl groups excluding tert-OH is 1. The van der Waals surface area contributed by atoms with E-state index in [0.717, 1.165) is 12.3 Å². The van der Waals surface area contributed by atoms with Gasteiger partial charge in [0.15, 0.2) is 0 Å². The molecule has 2 rings (SSSR count). The number of nitrogens with zero attached hydrogens (tertiary/aromatic N) is 1. The van der Waals surface area contributed by atoms with Crippen LogP contribution in [0, 0.1) is 11.8 Å². The van der Waals surface area contributed by atoms with E-state index in [1.54, 1.807) is 0 Å². The number of hydrogen-bond donors (Lipinski definition) is 2. The Morgan fingerprint density at radius 2 is 2.00 bits per heavy atom. The summed E-state index contributed by atoms with van der Waals surface area (Å²) in [4.78, 5) is 2.64. The van der Waals surface area contributed by atoms with Crippen LogP contribution in [0.5, 0.6) is 0 Å². The first kappa shape index (κ1) is 16.3. The SMILES string of the molecule is CCCC1CCCN(CCC2CCCC2(N)CO)CC1. The summed E-state index contributed by atoms with van der Waals surface area (Å²) in [5.74, 6) is 1.49. The van der Waals surface area contributed by atoms with Crippen LogP contribution in [0.4, 0.5) is 0 Å². The average Bonchev–Trinajstić information content (AvgIpc) is 2.68. The Balaban J connectivity index is 1.74. The topological polar surface area (TPSA) is 49.5 Å². The molecule has 0 aromatic heterocycles. The Hall–Kier alpha value is -0.120. The summed E-state index contributed by atoms with van der Waals surface area (Å²) in [5.41, 5.74) is 6.06. The Morgan fingerprint density at radius 3 is 2.75 bits per heavy atom. The smallest absolute Gasteiger partial charge is 0.0613 e. The number of nitrogens with two attached hydrogens (primary N) is 1.